The zero-order valence-corrected chi connectivity index (χ0v) is 9.19. The number of amides is 1. The summed E-state index contributed by atoms with van der Waals surface area (Å²) in [5.74, 6) is -0.230. The molecule has 1 fully saturated rings. The van der Waals surface area contributed by atoms with Crippen molar-refractivity contribution < 1.29 is 9.90 Å². The predicted molar refractivity (Wildman–Crippen MR) is 58.4 cm³/mol. The number of rotatable bonds is 5. The van der Waals surface area contributed by atoms with Crippen LogP contribution < -0.4 is 5.73 Å². The van der Waals surface area contributed by atoms with E-state index in [0.717, 1.165) is 45.7 Å². The summed E-state index contributed by atoms with van der Waals surface area (Å²) in [7, 11) is 0. The maximum absolute atomic E-state index is 10.6. The Morgan fingerprint density at radius 3 is 2.27 bits per heavy atom. The van der Waals surface area contributed by atoms with Crippen LogP contribution in [0.2, 0.25) is 0 Å². The van der Waals surface area contributed by atoms with E-state index in [1.54, 1.807) is 0 Å². The van der Waals surface area contributed by atoms with Gasteiger partial charge in [-0.05, 0) is 19.5 Å². The van der Waals surface area contributed by atoms with Crippen molar-refractivity contribution in [1.82, 2.24) is 9.80 Å². The Hall–Kier alpha value is -0.650. The third-order valence-electron chi connectivity index (χ3n) is 2.77. The first kappa shape index (κ1) is 12.4. The third kappa shape index (κ3) is 5.11. The molecule has 1 aliphatic rings. The van der Waals surface area contributed by atoms with E-state index in [0.29, 0.717) is 6.42 Å². The summed E-state index contributed by atoms with van der Waals surface area (Å²) in [5, 5.41) is 8.84. The quantitative estimate of drug-likeness (QED) is 0.608. The molecule has 1 heterocycles. The van der Waals surface area contributed by atoms with Crippen LogP contribution in [0.4, 0.5) is 0 Å². The summed E-state index contributed by atoms with van der Waals surface area (Å²) in [6, 6.07) is 0. The first-order valence-corrected chi connectivity index (χ1v) is 5.56. The molecule has 1 aliphatic heterocycles. The SMILES string of the molecule is NC(=O)CCN1CCCN(CCO)CC1. The number of aliphatic hydroxyl groups excluding tert-OH is 1. The van der Waals surface area contributed by atoms with Crippen LogP contribution in [0.1, 0.15) is 12.8 Å². The van der Waals surface area contributed by atoms with Crippen LogP contribution in [0.3, 0.4) is 0 Å². The van der Waals surface area contributed by atoms with Gasteiger partial charge in [0, 0.05) is 32.6 Å². The molecule has 0 bridgehead atoms. The molecule has 0 aliphatic carbocycles. The molecular formula is C10H21N3O2. The van der Waals surface area contributed by atoms with Crippen LogP contribution in [0.15, 0.2) is 0 Å². The molecule has 0 atom stereocenters. The molecule has 5 heteroatoms. The van der Waals surface area contributed by atoms with Crippen LogP contribution >= 0.6 is 0 Å². The topological polar surface area (TPSA) is 69.8 Å². The Bertz CT molecular complexity index is 199. The average Bonchev–Trinajstić information content (AvgIpc) is 2.41. The van der Waals surface area contributed by atoms with Crippen molar-refractivity contribution in [3.8, 4) is 0 Å². The predicted octanol–water partition coefficient (Wildman–Crippen LogP) is -1.14. The number of primary amides is 1. The van der Waals surface area contributed by atoms with E-state index in [1.165, 1.54) is 0 Å². The molecule has 3 N–H and O–H groups in total. The molecule has 1 amide bonds. The van der Waals surface area contributed by atoms with Crippen molar-refractivity contribution >= 4 is 5.91 Å². The molecular weight excluding hydrogens is 194 g/mol. The zero-order valence-electron chi connectivity index (χ0n) is 9.19. The van der Waals surface area contributed by atoms with Crippen molar-refractivity contribution in [3.63, 3.8) is 0 Å². The Balaban J connectivity index is 2.23. The van der Waals surface area contributed by atoms with E-state index in [9.17, 15) is 4.79 Å². The summed E-state index contributed by atoms with van der Waals surface area (Å²) in [6.07, 6.45) is 1.54. The van der Waals surface area contributed by atoms with Gasteiger partial charge in [-0.1, -0.05) is 0 Å². The smallest absolute Gasteiger partial charge is 0.218 e. The summed E-state index contributed by atoms with van der Waals surface area (Å²) >= 11 is 0. The number of β-amino-alcohol motifs (C(OH)–C–C–N with tert-alkyl or cyclic N) is 1. The van der Waals surface area contributed by atoms with Crippen molar-refractivity contribution in [2.24, 2.45) is 5.73 Å². The molecule has 88 valence electrons. The second-order valence-electron chi connectivity index (χ2n) is 3.98. The fourth-order valence-electron chi connectivity index (χ4n) is 1.88. The summed E-state index contributed by atoms with van der Waals surface area (Å²) in [4.78, 5) is 15.2. The van der Waals surface area contributed by atoms with E-state index in [-0.39, 0.29) is 12.5 Å². The standard InChI is InChI=1S/C10H21N3O2/c11-10(15)2-5-12-3-1-4-13(7-6-12)8-9-14/h14H,1-9H2,(H2,11,15). The van der Waals surface area contributed by atoms with E-state index in [4.69, 9.17) is 10.8 Å². The fourth-order valence-corrected chi connectivity index (χ4v) is 1.88. The second-order valence-corrected chi connectivity index (χ2v) is 3.98. The third-order valence-corrected chi connectivity index (χ3v) is 2.77. The van der Waals surface area contributed by atoms with Gasteiger partial charge in [0.25, 0.3) is 0 Å². The maximum atomic E-state index is 10.6. The monoisotopic (exact) mass is 215 g/mol. The first-order chi connectivity index (χ1) is 7.22. The number of carbonyl (C=O) groups is 1. The van der Waals surface area contributed by atoms with Crippen LogP contribution in [0.5, 0.6) is 0 Å². The molecule has 1 rings (SSSR count). The number of carbonyl (C=O) groups excluding carboxylic acids is 1. The number of hydrogen-bond acceptors (Lipinski definition) is 4. The van der Waals surface area contributed by atoms with Crippen LogP contribution in [0.25, 0.3) is 0 Å². The summed E-state index contributed by atoms with van der Waals surface area (Å²) in [6.45, 7) is 5.74. The molecule has 1 saturated heterocycles. The highest BCUT2D eigenvalue weighted by Gasteiger charge is 2.14. The second kappa shape index (κ2) is 6.76. The minimum Gasteiger partial charge on any atom is -0.395 e. The Kier molecular flexibility index (Phi) is 5.60. The highest BCUT2D eigenvalue weighted by Crippen LogP contribution is 2.03. The molecule has 0 aromatic heterocycles. The van der Waals surface area contributed by atoms with Gasteiger partial charge in [0.05, 0.1) is 6.61 Å². The Morgan fingerprint density at radius 1 is 1.13 bits per heavy atom. The van der Waals surface area contributed by atoms with Gasteiger partial charge in [0.15, 0.2) is 0 Å². The van der Waals surface area contributed by atoms with E-state index >= 15 is 0 Å². The van der Waals surface area contributed by atoms with Gasteiger partial charge in [-0.25, -0.2) is 0 Å². The average molecular weight is 215 g/mol. The van der Waals surface area contributed by atoms with Crippen molar-refractivity contribution in [1.29, 1.82) is 0 Å². The Morgan fingerprint density at radius 2 is 1.73 bits per heavy atom. The summed E-state index contributed by atoms with van der Waals surface area (Å²) < 4.78 is 0. The molecule has 0 radical (unpaired) electrons. The van der Waals surface area contributed by atoms with E-state index in [2.05, 4.69) is 9.80 Å². The molecule has 0 aromatic rings. The molecule has 0 saturated carbocycles. The number of nitrogens with two attached hydrogens (primary N) is 1. The molecule has 0 unspecified atom stereocenters. The van der Waals surface area contributed by atoms with E-state index < -0.39 is 0 Å². The minimum absolute atomic E-state index is 0.223. The van der Waals surface area contributed by atoms with Crippen molar-refractivity contribution in [2.45, 2.75) is 12.8 Å². The molecule has 0 aromatic carbocycles. The zero-order chi connectivity index (χ0) is 11.1. The maximum Gasteiger partial charge on any atom is 0.218 e. The molecule has 0 spiro atoms. The highest BCUT2D eigenvalue weighted by atomic mass is 16.3. The van der Waals surface area contributed by atoms with Gasteiger partial charge < -0.3 is 15.7 Å². The number of hydrogen-bond donors (Lipinski definition) is 2. The Labute approximate surface area is 90.8 Å². The lowest BCUT2D eigenvalue weighted by Gasteiger charge is -2.20. The molecule has 5 nitrogen and oxygen atoms in total. The molecule has 15 heavy (non-hydrogen) atoms. The lowest BCUT2D eigenvalue weighted by molar-refractivity contribution is -0.118. The fraction of sp³-hybridized carbons (Fsp3) is 0.900. The van der Waals surface area contributed by atoms with Gasteiger partial charge in [-0.3, -0.25) is 9.69 Å². The summed E-state index contributed by atoms with van der Waals surface area (Å²) in [5.41, 5.74) is 5.11. The normalized spacial score (nSPS) is 20.1. The van der Waals surface area contributed by atoms with Gasteiger partial charge in [-0.15, -0.1) is 0 Å². The minimum atomic E-state index is -0.230. The largest absolute Gasteiger partial charge is 0.395 e. The first-order valence-electron chi connectivity index (χ1n) is 5.56. The number of aliphatic hydroxyl groups is 1. The van der Waals surface area contributed by atoms with Gasteiger partial charge >= 0.3 is 0 Å². The van der Waals surface area contributed by atoms with Gasteiger partial charge in [-0.2, -0.15) is 0 Å². The van der Waals surface area contributed by atoms with Crippen LogP contribution in [-0.2, 0) is 4.79 Å². The van der Waals surface area contributed by atoms with Crippen LogP contribution in [0, 0.1) is 0 Å². The lowest BCUT2D eigenvalue weighted by atomic mass is 10.3. The van der Waals surface area contributed by atoms with Gasteiger partial charge in [0.1, 0.15) is 0 Å². The van der Waals surface area contributed by atoms with E-state index in [1.807, 2.05) is 0 Å². The number of nitrogens with zero attached hydrogens (tertiary/aromatic N) is 2. The van der Waals surface area contributed by atoms with Crippen molar-refractivity contribution in [3.05, 3.63) is 0 Å². The van der Waals surface area contributed by atoms with Crippen LogP contribution in [-0.4, -0.2) is 66.7 Å². The van der Waals surface area contributed by atoms with Gasteiger partial charge in [0.2, 0.25) is 5.91 Å². The highest BCUT2D eigenvalue weighted by molar-refractivity contribution is 5.73. The lowest BCUT2D eigenvalue weighted by Crippen LogP contribution is -2.33. The van der Waals surface area contributed by atoms with Crippen molar-refractivity contribution in [2.75, 3.05) is 45.9 Å².